The normalized spacial score (nSPS) is 20.4. The first kappa shape index (κ1) is 17.3. The molecule has 0 spiro atoms. The van der Waals surface area contributed by atoms with Crippen LogP contribution in [0.25, 0.3) is 11.0 Å². The number of halogens is 1. The number of fused-ring (bicyclic) bond motifs is 1. The van der Waals surface area contributed by atoms with Crippen molar-refractivity contribution in [3.05, 3.63) is 34.9 Å². The van der Waals surface area contributed by atoms with Gasteiger partial charge in [0.25, 0.3) is 5.91 Å². The molecule has 132 valence electrons. The van der Waals surface area contributed by atoms with E-state index >= 15 is 0 Å². The molecule has 0 aliphatic heterocycles. The van der Waals surface area contributed by atoms with Gasteiger partial charge in [0.05, 0.1) is 28.4 Å². The van der Waals surface area contributed by atoms with E-state index < -0.39 is 17.7 Å². The Hall–Kier alpha value is -2.57. The van der Waals surface area contributed by atoms with E-state index in [1.165, 1.54) is 12.1 Å². The number of benzene rings is 1. The van der Waals surface area contributed by atoms with Crippen LogP contribution in [0.3, 0.4) is 0 Å². The second kappa shape index (κ2) is 6.74. The topological polar surface area (TPSA) is 92.2 Å². The minimum Gasteiger partial charge on any atom is -0.481 e. The number of hydrogen-bond donors (Lipinski definition) is 2. The number of aromatic nitrogens is 2. The molecule has 7 heteroatoms. The van der Waals surface area contributed by atoms with Crippen molar-refractivity contribution in [2.75, 3.05) is 0 Å². The number of nitrogens with zero attached hydrogens (tertiary/aromatic N) is 2. The van der Waals surface area contributed by atoms with Crippen molar-refractivity contribution in [1.82, 2.24) is 15.3 Å². The van der Waals surface area contributed by atoms with Crippen LogP contribution in [0.5, 0.6) is 0 Å². The molecular weight excluding hydrogens is 325 g/mol. The molecule has 1 aromatic heterocycles. The van der Waals surface area contributed by atoms with Gasteiger partial charge in [0.15, 0.2) is 0 Å². The summed E-state index contributed by atoms with van der Waals surface area (Å²) in [4.78, 5) is 32.3. The number of carbonyl (C=O) groups is 2. The van der Waals surface area contributed by atoms with Gasteiger partial charge in [-0.05, 0) is 45.6 Å². The lowest BCUT2D eigenvalue weighted by Crippen LogP contribution is -2.38. The molecule has 1 aromatic carbocycles. The molecule has 1 amide bonds. The first-order chi connectivity index (χ1) is 11.8. The highest BCUT2D eigenvalue weighted by atomic mass is 19.1. The van der Waals surface area contributed by atoms with E-state index in [4.69, 9.17) is 5.11 Å². The van der Waals surface area contributed by atoms with Crippen molar-refractivity contribution in [2.45, 2.75) is 45.6 Å². The number of aliphatic carboxylic acids is 1. The molecule has 6 nitrogen and oxygen atoms in total. The second-order valence-electron chi connectivity index (χ2n) is 6.58. The smallest absolute Gasteiger partial charge is 0.306 e. The molecule has 1 saturated carbocycles. The highest BCUT2D eigenvalue weighted by molar-refractivity contribution is 6.04. The quantitative estimate of drug-likeness (QED) is 0.892. The van der Waals surface area contributed by atoms with Crippen LogP contribution in [0, 0.1) is 25.6 Å². The Morgan fingerprint density at radius 3 is 2.40 bits per heavy atom. The van der Waals surface area contributed by atoms with E-state index in [0.717, 1.165) is 0 Å². The van der Waals surface area contributed by atoms with E-state index in [0.29, 0.717) is 48.1 Å². The van der Waals surface area contributed by atoms with Crippen LogP contribution in [0.2, 0.25) is 0 Å². The Balaban J connectivity index is 1.83. The van der Waals surface area contributed by atoms with Crippen molar-refractivity contribution in [3.63, 3.8) is 0 Å². The molecule has 2 N–H and O–H groups in total. The average Bonchev–Trinajstić information content (AvgIpc) is 2.56. The van der Waals surface area contributed by atoms with Crippen LogP contribution in [-0.4, -0.2) is 33.0 Å². The second-order valence-corrected chi connectivity index (χ2v) is 6.58. The Kier molecular flexibility index (Phi) is 4.65. The molecule has 0 saturated heterocycles. The summed E-state index contributed by atoms with van der Waals surface area (Å²) < 4.78 is 13.9. The summed E-state index contributed by atoms with van der Waals surface area (Å²) in [5.74, 6) is -2.08. The Morgan fingerprint density at radius 1 is 1.12 bits per heavy atom. The highest BCUT2D eigenvalue weighted by Gasteiger charge is 2.27. The Morgan fingerprint density at radius 2 is 1.76 bits per heavy atom. The van der Waals surface area contributed by atoms with Gasteiger partial charge in [-0.15, -0.1) is 0 Å². The largest absolute Gasteiger partial charge is 0.481 e. The Bertz CT molecular complexity index is 845. The number of carboxylic acid groups (broad SMARTS) is 1. The van der Waals surface area contributed by atoms with E-state index in [1.807, 2.05) is 0 Å². The van der Waals surface area contributed by atoms with Gasteiger partial charge in [0.1, 0.15) is 11.3 Å². The number of aryl methyl sites for hydroxylation is 2. The molecular formula is C18H20FN3O3. The van der Waals surface area contributed by atoms with Crippen molar-refractivity contribution in [1.29, 1.82) is 0 Å². The predicted molar refractivity (Wildman–Crippen MR) is 89.8 cm³/mol. The van der Waals surface area contributed by atoms with Gasteiger partial charge in [-0.25, -0.2) is 14.4 Å². The number of carboxylic acids is 1. The lowest BCUT2D eigenvalue weighted by molar-refractivity contribution is -0.142. The minimum absolute atomic E-state index is 0.110. The van der Waals surface area contributed by atoms with E-state index in [-0.39, 0.29) is 17.5 Å². The van der Waals surface area contributed by atoms with Gasteiger partial charge in [0, 0.05) is 12.1 Å². The van der Waals surface area contributed by atoms with Gasteiger partial charge in [-0.2, -0.15) is 0 Å². The maximum Gasteiger partial charge on any atom is 0.306 e. The maximum atomic E-state index is 13.9. The summed E-state index contributed by atoms with van der Waals surface area (Å²) in [5.41, 5.74) is 2.27. The summed E-state index contributed by atoms with van der Waals surface area (Å²) >= 11 is 0. The van der Waals surface area contributed by atoms with Gasteiger partial charge < -0.3 is 10.4 Å². The number of nitrogens with one attached hydrogen (secondary N) is 1. The van der Waals surface area contributed by atoms with Crippen molar-refractivity contribution in [3.8, 4) is 0 Å². The highest BCUT2D eigenvalue weighted by Crippen LogP contribution is 2.25. The van der Waals surface area contributed by atoms with Gasteiger partial charge in [-0.3, -0.25) is 9.59 Å². The zero-order valence-electron chi connectivity index (χ0n) is 14.2. The van der Waals surface area contributed by atoms with Gasteiger partial charge in [0.2, 0.25) is 0 Å². The zero-order chi connectivity index (χ0) is 18.1. The van der Waals surface area contributed by atoms with Crippen LogP contribution in [-0.2, 0) is 4.79 Å². The lowest BCUT2D eigenvalue weighted by atomic mass is 9.86. The Labute approximate surface area is 144 Å². The van der Waals surface area contributed by atoms with Crippen molar-refractivity contribution >= 4 is 22.9 Å². The molecule has 0 atom stereocenters. The number of carbonyl (C=O) groups excluding carboxylic acids is 1. The molecule has 25 heavy (non-hydrogen) atoms. The monoisotopic (exact) mass is 345 g/mol. The molecule has 0 unspecified atom stereocenters. The summed E-state index contributed by atoms with van der Waals surface area (Å²) in [6.07, 6.45) is 2.25. The zero-order valence-corrected chi connectivity index (χ0v) is 14.2. The molecule has 0 bridgehead atoms. The number of rotatable bonds is 3. The summed E-state index contributed by atoms with van der Waals surface area (Å²) in [7, 11) is 0. The molecule has 1 aliphatic rings. The predicted octanol–water partition coefficient (Wildman–Crippen LogP) is 2.76. The number of amides is 1. The fourth-order valence-electron chi connectivity index (χ4n) is 3.22. The summed E-state index contributed by atoms with van der Waals surface area (Å²) in [6, 6.07) is 2.33. The van der Waals surface area contributed by atoms with E-state index in [9.17, 15) is 14.0 Å². The van der Waals surface area contributed by atoms with Gasteiger partial charge in [-0.1, -0.05) is 0 Å². The minimum atomic E-state index is -0.790. The van der Waals surface area contributed by atoms with Gasteiger partial charge >= 0.3 is 5.97 Å². The molecule has 3 rings (SSSR count). The van der Waals surface area contributed by atoms with Crippen LogP contribution in [0.15, 0.2) is 12.1 Å². The van der Waals surface area contributed by atoms with Crippen LogP contribution < -0.4 is 5.32 Å². The third kappa shape index (κ3) is 3.60. The van der Waals surface area contributed by atoms with Crippen LogP contribution in [0.4, 0.5) is 4.39 Å². The first-order valence-corrected chi connectivity index (χ1v) is 8.33. The lowest BCUT2D eigenvalue weighted by Gasteiger charge is -2.26. The maximum absolute atomic E-state index is 13.9. The molecule has 0 radical (unpaired) electrons. The fourth-order valence-corrected chi connectivity index (χ4v) is 3.22. The third-order valence-electron chi connectivity index (χ3n) is 4.80. The van der Waals surface area contributed by atoms with E-state index in [1.54, 1.807) is 13.8 Å². The SMILES string of the molecule is Cc1nc2cc(F)cc(C(=O)NC3CCC(C(=O)O)CC3)c2nc1C. The van der Waals surface area contributed by atoms with Crippen molar-refractivity contribution < 1.29 is 19.1 Å². The summed E-state index contributed by atoms with van der Waals surface area (Å²) in [5, 5.41) is 11.9. The first-order valence-electron chi connectivity index (χ1n) is 8.33. The standard InChI is InChI=1S/C18H20FN3O3/c1-9-10(2)21-16-14(7-12(19)8-15(16)20-9)17(23)22-13-5-3-11(4-6-13)18(24)25/h7-8,11,13H,3-6H2,1-2H3,(H,22,23)(H,24,25). The van der Waals surface area contributed by atoms with Crippen molar-refractivity contribution in [2.24, 2.45) is 5.92 Å². The van der Waals surface area contributed by atoms with Crippen LogP contribution in [0.1, 0.15) is 47.4 Å². The van der Waals surface area contributed by atoms with Crippen LogP contribution >= 0.6 is 0 Å². The average molecular weight is 345 g/mol. The molecule has 2 aromatic rings. The van der Waals surface area contributed by atoms with E-state index in [2.05, 4.69) is 15.3 Å². The third-order valence-corrected chi connectivity index (χ3v) is 4.80. The molecule has 1 fully saturated rings. The fraction of sp³-hybridized carbons (Fsp3) is 0.444. The molecule has 1 aliphatic carbocycles. The molecule has 1 heterocycles. The number of hydrogen-bond acceptors (Lipinski definition) is 4. The summed E-state index contributed by atoms with van der Waals surface area (Å²) in [6.45, 7) is 3.58.